The van der Waals surface area contributed by atoms with Gasteiger partial charge in [-0.15, -0.1) is 0 Å². The average Bonchev–Trinajstić information content (AvgIpc) is 2.96. The summed E-state index contributed by atoms with van der Waals surface area (Å²) in [6.07, 6.45) is 0. The quantitative estimate of drug-likeness (QED) is 0.540. The number of fused-ring (bicyclic) bond motifs is 5. The zero-order valence-electron chi connectivity index (χ0n) is 13.2. The van der Waals surface area contributed by atoms with Crippen molar-refractivity contribution < 1.29 is 9.53 Å². The number of hydrogen-bond donors (Lipinski definition) is 0. The van der Waals surface area contributed by atoms with Gasteiger partial charge in [-0.05, 0) is 11.6 Å². The molecule has 0 N–H and O–H groups in total. The van der Waals surface area contributed by atoms with E-state index in [1.54, 1.807) is 0 Å². The Morgan fingerprint density at radius 1 is 0.875 bits per heavy atom. The van der Waals surface area contributed by atoms with Crippen LogP contribution in [-0.2, 0) is 4.74 Å². The molecule has 4 heteroatoms. The number of aromatic nitrogens is 1. The van der Waals surface area contributed by atoms with E-state index in [9.17, 15) is 4.79 Å². The Balaban J connectivity index is 1.86. The van der Waals surface area contributed by atoms with Crippen molar-refractivity contribution in [2.45, 2.75) is 0 Å². The van der Waals surface area contributed by atoms with Crippen molar-refractivity contribution in [1.29, 1.82) is 0 Å². The van der Waals surface area contributed by atoms with Crippen molar-refractivity contribution in [2.75, 3.05) is 31.2 Å². The number of nitrogens with zero attached hydrogens (tertiary/aromatic N) is 2. The van der Waals surface area contributed by atoms with Gasteiger partial charge in [-0.25, -0.2) is 4.98 Å². The Labute approximate surface area is 139 Å². The molecule has 1 aromatic heterocycles. The first-order valence-corrected chi connectivity index (χ1v) is 8.24. The van der Waals surface area contributed by atoms with Crippen molar-refractivity contribution in [3.05, 3.63) is 59.7 Å². The van der Waals surface area contributed by atoms with Crippen LogP contribution in [0.25, 0.3) is 22.0 Å². The van der Waals surface area contributed by atoms with Crippen molar-refractivity contribution in [2.24, 2.45) is 0 Å². The highest BCUT2D eigenvalue weighted by Crippen LogP contribution is 2.44. The zero-order chi connectivity index (χ0) is 16.1. The second-order valence-electron chi connectivity index (χ2n) is 6.18. The largest absolute Gasteiger partial charge is 0.378 e. The first-order chi connectivity index (χ1) is 11.8. The van der Waals surface area contributed by atoms with E-state index in [-0.39, 0.29) is 5.78 Å². The van der Waals surface area contributed by atoms with E-state index in [2.05, 4.69) is 4.90 Å². The van der Waals surface area contributed by atoms with Crippen LogP contribution in [0, 0.1) is 0 Å². The minimum Gasteiger partial charge on any atom is -0.378 e. The second-order valence-corrected chi connectivity index (χ2v) is 6.18. The van der Waals surface area contributed by atoms with Crippen LogP contribution in [0.5, 0.6) is 0 Å². The molecule has 4 nitrogen and oxygen atoms in total. The van der Waals surface area contributed by atoms with Crippen LogP contribution in [0.2, 0.25) is 0 Å². The molecular weight excluding hydrogens is 300 g/mol. The van der Waals surface area contributed by atoms with Gasteiger partial charge in [0.05, 0.1) is 18.7 Å². The maximum atomic E-state index is 13.1. The first kappa shape index (κ1) is 13.7. The fourth-order valence-corrected chi connectivity index (χ4v) is 3.73. The third-order valence-corrected chi connectivity index (χ3v) is 4.85. The number of ether oxygens (including phenoxy) is 1. The van der Waals surface area contributed by atoms with E-state index >= 15 is 0 Å². The van der Waals surface area contributed by atoms with Crippen molar-refractivity contribution in [1.82, 2.24) is 4.98 Å². The molecule has 0 atom stereocenters. The lowest BCUT2D eigenvalue weighted by Crippen LogP contribution is -2.37. The summed E-state index contributed by atoms with van der Waals surface area (Å²) in [4.78, 5) is 20.2. The van der Waals surface area contributed by atoms with E-state index in [1.807, 2.05) is 48.5 Å². The standard InChI is InChI=1S/C20H16N2O2/c23-19-14-6-2-1-5-13(14)18-17(19)15-7-3-4-8-16(15)21-20(18)22-9-11-24-12-10-22/h1-8H,9-12H2. The zero-order valence-corrected chi connectivity index (χ0v) is 13.2. The van der Waals surface area contributed by atoms with Crippen LogP contribution in [-0.4, -0.2) is 37.1 Å². The van der Waals surface area contributed by atoms with Gasteiger partial charge < -0.3 is 9.64 Å². The lowest BCUT2D eigenvalue weighted by atomic mass is 10.0. The molecule has 1 aliphatic carbocycles. The van der Waals surface area contributed by atoms with Gasteiger partial charge in [0.1, 0.15) is 5.82 Å². The van der Waals surface area contributed by atoms with Gasteiger partial charge in [0.25, 0.3) is 0 Å². The summed E-state index contributed by atoms with van der Waals surface area (Å²) in [5.74, 6) is 1.01. The maximum Gasteiger partial charge on any atom is 0.195 e. The van der Waals surface area contributed by atoms with Crippen LogP contribution in [0.4, 0.5) is 5.82 Å². The number of carbonyl (C=O) groups is 1. The van der Waals surface area contributed by atoms with E-state index < -0.39 is 0 Å². The summed E-state index contributed by atoms with van der Waals surface area (Å²) in [5.41, 5.74) is 4.43. The highest BCUT2D eigenvalue weighted by atomic mass is 16.5. The van der Waals surface area contributed by atoms with E-state index in [0.29, 0.717) is 13.2 Å². The van der Waals surface area contributed by atoms with Crippen LogP contribution < -0.4 is 4.90 Å². The number of hydrogen-bond acceptors (Lipinski definition) is 4. The summed E-state index contributed by atoms with van der Waals surface area (Å²) in [6.45, 7) is 2.99. The third-order valence-electron chi connectivity index (χ3n) is 4.85. The molecular formula is C20H16N2O2. The first-order valence-electron chi connectivity index (χ1n) is 8.24. The van der Waals surface area contributed by atoms with Gasteiger partial charge in [0.15, 0.2) is 5.78 Å². The lowest BCUT2D eigenvalue weighted by molar-refractivity contribution is 0.104. The predicted molar refractivity (Wildman–Crippen MR) is 93.6 cm³/mol. The number of morpholine rings is 1. The molecule has 118 valence electrons. The van der Waals surface area contributed by atoms with Crippen molar-refractivity contribution in [3.63, 3.8) is 0 Å². The minimum absolute atomic E-state index is 0.105. The Bertz CT molecular complexity index is 975. The number of carbonyl (C=O) groups excluding carboxylic acids is 1. The molecule has 0 amide bonds. The second kappa shape index (κ2) is 5.14. The smallest absolute Gasteiger partial charge is 0.195 e. The summed E-state index contributed by atoms with van der Waals surface area (Å²) in [6, 6.07) is 15.8. The molecule has 0 bridgehead atoms. The Morgan fingerprint density at radius 3 is 2.42 bits per heavy atom. The van der Waals surface area contributed by atoms with Crippen LogP contribution >= 0.6 is 0 Å². The highest BCUT2D eigenvalue weighted by Gasteiger charge is 2.33. The van der Waals surface area contributed by atoms with Gasteiger partial charge in [0.2, 0.25) is 0 Å². The van der Waals surface area contributed by atoms with Gasteiger partial charge in [-0.3, -0.25) is 4.79 Å². The number of ketones is 1. The molecule has 3 aromatic rings. The molecule has 1 saturated heterocycles. The Morgan fingerprint density at radius 2 is 1.58 bits per heavy atom. The number of para-hydroxylation sites is 1. The van der Waals surface area contributed by atoms with Crippen molar-refractivity contribution in [3.8, 4) is 11.1 Å². The molecule has 0 spiro atoms. The van der Waals surface area contributed by atoms with Crippen molar-refractivity contribution >= 4 is 22.5 Å². The van der Waals surface area contributed by atoms with Crippen LogP contribution in [0.15, 0.2) is 48.5 Å². The van der Waals surface area contributed by atoms with Crippen LogP contribution in [0.1, 0.15) is 15.9 Å². The summed E-state index contributed by atoms with van der Waals surface area (Å²) in [7, 11) is 0. The summed E-state index contributed by atoms with van der Waals surface area (Å²) < 4.78 is 5.48. The van der Waals surface area contributed by atoms with E-state index in [4.69, 9.17) is 9.72 Å². The van der Waals surface area contributed by atoms with E-state index in [1.165, 1.54) is 0 Å². The molecule has 0 unspecified atom stereocenters. The number of benzene rings is 2. The average molecular weight is 316 g/mol. The van der Waals surface area contributed by atoms with E-state index in [0.717, 1.165) is 52.1 Å². The van der Waals surface area contributed by atoms with Gasteiger partial charge in [-0.2, -0.15) is 0 Å². The fourth-order valence-electron chi connectivity index (χ4n) is 3.73. The Hall–Kier alpha value is -2.72. The molecule has 2 aromatic carbocycles. The minimum atomic E-state index is 0.105. The van der Waals surface area contributed by atoms with Gasteiger partial charge in [-0.1, -0.05) is 42.5 Å². The van der Waals surface area contributed by atoms with Gasteiger partial charge in [0, 0.05) is 35.2 Å². The monoisotopic (exact) mass is 316 g/mol. The lowest BCUT2D eigenvalue weighted by Gasteiger charge is -2.29. The molecule has 24 heavy (non-hydrogen) atoms. The highest BCUT2D eigenvalue weighted by molar-refractivity contribution is 6.28. The fraction of sp³-hybridized carbons (Fsp3) is 0.200. The maximum absolute atomic E-state index is 13.1. The molecule has 1 aliphatic heterocycles. The summed E-state index contributed by atoms with van der Waals surface area (Å²) in [5, 5.41) is 0.936. The SMILES string of the molecule is O=C1c2ccccc2-c2c(N3CCOCC3)nc3ccccc3c21. The normalized spacial score (nSPS) is 16.3. The van der Waals surface area contributed by atoms with Gasteiger partial charge >= 0.3 is 0 Å². The number of pyridine rings is 1. The molecule has 0 radical (unpaired) electrons. The number of rotatable bonds is 1. The number of anilines is 1. The predicted octanol–water partition coefficient (Wildman–Crippen LogP) is 3.28. The Kier molecular flexibility index (Phi) is 2.94. The van der Waals surface area contributed by atoms with Crippen LogP contribution in [0.3, 0.4) is 0 Å². The summed E-state index contributed by atoms with van der Waals surface area (Å²) >= 11 is 0. The molecule has 2 aliphatic rings. The topological polar surface area (TPSA) is 42.4 Å². The molecule has 1 fully saturated rings. The molecule has 0 saturated carbocycles. The molecule has 5 rings (SSSR count). The molecule has 2 heterocycles. The third kappa shape index (κ3) is 1.83.